The molecule has 3 N–H and O–H groups in total. The first-order valence-electron chi connectivity index (χ1n) is 5.63. The lowest BCUT2D eigenvalue weighted by Crippen LogP contribution is -2.08. The lowest BCUT2D eigenvalue weighted by Gasteiger charge is -2.12. The summed E-state index contributed by atoms with van der Waals surface area (Å²) in [6, 6.07) is 0.123. The van der Waals surface area contributed by atoms with Gasteiger partial charge in [0.05, 0.1) is 12.4 Å². The fourth-order valence-electron chi connectivity index (χ4n) is 2.23. The topological polar surface area (TPSA) is 89.8 Å². The fourth-order valence-corrected chi connectivity index (χ4v) is 2.45. The van der Waals surface area contributed by atoms with Crippen molar-refractivity contribution in [2.75, 3.05) is 12.3 Å². The van der Waals surface area contributed by atoms with Crippen LogP contribution in [0.2, 0.25) is 5.15 Å². The van der Waals surface area contributed by atoms with Crippen molar-refractivity contribution in [1.82, 2.24) is 19.5 Å². The van der Waals surface area contributed by atoms with Crippen molar-refractivity contribution in [3.05, 3.63) is 23.6 Å². The van der Waals surface area contributed by atoms with E-state index in [9.17, 15) is 0 Å². The van der Waals surface area contributed by atoms with Gasteiger partial charge in [-0.25, -0.2) is 4.98 Å². The van der Waals surface area contributed by atoms with Crippen LogP contribution in [0.5, 0.6) is 0 Å². The molecule has 0 saturated heterocycles. The maximum Gasteiger partial charge on any atom is 0.223 e. The van der Waals surface area contributed by atoms with Crippen molar-refractivity contribution in [1.29, 1.82) is 0 Å². The number of aliphatic hydroxyl groups excluding tert-OH is 1. The van der Waals surface area contributed by atoms with Gasteiger partial charge in [-0.1, -0.05) is 23.8 Å². The second-order valence-corrected chi connectivity index (χ2v) is 4.69. The van der Waals surface area contributed by atoms with Crippen LogP contribution in [0, 0.1) is 5.92 Å². The molecule has 3 rings (SSSR count). The molecular weight excluding hydrogens is 254 g/mol. The number of nitrogen functional groups attached to an aromatic ring is 1. The maximum atomic E-state index is 9.14. The minimum absolute atomic E-state index is 0.123. The van der Waals surface area contributed by atoms with Gasteiger partial charge >= 0.3 is 0 Å². The smallest absolute Gasteiger partial charge is 0.223 e. The molecule has 0 saturated carbocycles. The number of aliphatic hydroxyl groups is 1. The molecule has 2 atom stereocenters. The van der Waals surface area contributed by atoms with Gasteiger partial charge in [0.25, 0.3) is 0 Å². The highest BCUT2D eigenvalue weighted by Crippen LogP contribution is 2.30. The molecule has 0 amide bonds. The van der Waals surface area contributed by atoms with Gasteiger partial charge in [-0.3, -0.25) is 0 Å². The van der Waals surface area contributed by atoms with Crippen LogP contribution in [-0.4, -0.2) is 31.2 Å². The molecule has 1 unspecified atom stereocenters. The van der Waals surface area contributed by atoms with Crippen molar-refractivity contribution >= 4 is 28.7 Å². The molecule has 0 aliphatic heterocycles. The van der Waals surface area contributed by atoms with Crippen LogP contribution in [-0.2, 0) is 0 Å². The number of rotatable bonds is 2. The van der Waals surface area contributed by atoms with Crippen molar-refractivity contribution in [3.63, 3.8) is 0 Å². The van der Waals surface area contributed by atoms with Crippen molar-refractivity contribution in [2.24, 2.45) is 5.92 Å². The van der Waals surface area contributed by atoms with Gasteiger partial charge in [0, 0.05) is 12.5 Å². The molecule has 6 nitrogen and oxygen atoms in total. The van der Waals surface area contributed by atoms with Crippen LogP contribution in [0.4, 0.5) is 5.95 Å². The number of allylic oxidation sites excluding steroid dienone is 1. The summed E-state index contributed by atoms with van der Waals surface area (Å²) in [6.45, 7) is 0.150. The zero-order valence-corrected chi connectivity index (χ0v) is 10.2. The molecule has 1 aliphatic carbocycles. The first kappa shape index (κ1) is 11.4. The molecule has 7 heteroatoms. The molecule has 0 aromatic carbocycles. The minimum Gasteiger partial charge on any atom is -0.396 e. The minimum atomic E-state index is 0.123. The van der Waals surface area contributed by atoms with Gasteiger partial charge in [-0.15, -0.1) is 0 Å². The molecule has 18 heavy (non-hydrogen) atoms. The molecule has 2 heterocycles. The van der Waals surface area contributed by atoms with E-state index in [1.54, 1.807) is 6.33 Å². The zero-order valence-electron chi connectivity index (χ0n) is 9.49. The second-order valence-electron chi connectivity index (χ2n) is 4.33. The van der Waals surface area contributed by atoms with E-state index in [1.807, 2.05) is 16.7 Å². The van der Waals surface area contributed by atoms with E-state index in [0.29, 0.717) is 11.2 Å². The highest BCUT2D eigenvalue weighted by Gasteiger charge is 2.22. The van der Waals surface area contributed by atoms with E-state index < -0.39 is 0 Å². The summed E-state index contributed by atoms with van der Waals surface area (Å²) in [5.74, 6) is 0.317. The van der Waals surface area contributed by atoms with Crippen LogP contribution < -0.4 is 5.73 Å². The number of imidazole rings is 1. The third kappa shape index (κ3) is 1.74. The number of nitrogens with zero attached hydrogens (tertiary/aromatic N) is 4. The van der Waals surface area contributed by atoms with Crippen LogP contribution >= 0.6 is 11.6 Å². The Morgan fingerprint density at radius 2 is 2.28 bits per heavy atom. The van der Waals surface area contributed by atoms with E-state index in [4.69, 9.17) is 22.4 Å². The number of nitrogens with two attached hydrogens (primary N) is 1. The monoisotopic (exact) mass is 265 g/mol. The van der Waals surface area contributed by atoms with Crippen molar-refractivity contribution < 1.29 is 5.11 Å². The summed E-state index contributed by atoms with van der Waals surface area (Å²) in [6.07, 6.45) is 6.54. The van der Waals surface area contributed by atoms with Gasteiger partial charge in [0.2, 0.25) is 5.95 Å². The normalized spacial score (nSPS) is 23.0. The summed E-state index contributed by atoms with van der Waals surface area (Å²) in [5.41, 5.74) is 6.77. The first-order valence-corrected chi connectivity index (χ1v) is 6.01. The second kappa shape index (κ2) is 4.22. The Bertz CT molecular complexity index is 623. The van der Waals surface area contributed by atoms with Gasteiger partial charge in [0.1, 0.15) is 5.52 Å². The zero-order chi connectivity index (χ0) is 12.7. The number of fused-ring (bicyclic) bond motifs is 1. The standard InChI is InChI=1S/C11H12ClN5O/c12-9-8-10(16-11(13)15-9)17(5-14-8)7-2-1-6(3-7)4-18/h1-2,5-7,18H,3-4H2,(H2,13,15,16)/t6?,7-/m1/s1. The average Bonchev–Trinajstić information content (AvgIpc) is 2.93. The molecule has 0 spiro atoms. The maximum absolute atomic E-state index is 9.14. The predicted octanol–water partition coefficient (Wildman–Crippen LogP) is 1.17. The van der Waals surface area contributed by atoms with Crippen molar-refractivity contribution in [2.45, 2.75) is 12.5 Å². The first-order chi connectivity index (χ1) is 8.69. The number of hydrogen-bond acceptors (Lipinski definition) is 5. The lowest BCUT2D eigenvalue weighted by molar-refractivity contribution is 0.244. The summed E-state index contributed by atoms with van der Waals surface area (Å²) in [4.78, 5) is 12.3. The Morgan fingerprint density at radius 1 is 1.44 bits per heavy atom. The quantitative estimate of drug-likeness (QED) is 0.628. The Morgan fingerprint density at radius 3 is 3.00 bits per heavy atom. The van der Waals surface area contributed by atoms with E-state index in [-0.39, 0.29) is 29.7 Å². The Hall–Kier alpha value is -1.66. The lowest BCUT2D eigenvalue weighted by atomic mass is 10.1. The van der Waals surface area contributed by atoms with E-state index >= 15 is 0 Å². The van der Waals surface area contributed by atoms with Crippen molar-refractivity contribution in [3.8, 4) is 0 Å². The van der Waals surface area contributed by atoms with Gasteiger partial charge in [-0.05, 0) is 6.42 Å². The molecule has 0 radical (unpaired) electrons. The molecule has 2 aromatic heterocycles. The molecule has 0 bridgehead atoms. The third-order valence-corrected chi connectivity index (χ3v) is 3.40. The summed E-state index contributed by atoms with van der Waals surface area (Å²) < 4.78 is 1.91. The third-order valence-electron chi connectivity index (χ3n) is 3.14. The highest BCUT2D eigenvalue weighted by molar-refractivity contribution is 6.33. The Kier molecular flexibility index (Phi) is 2.68. The number of halogens is 1. The predicted molar refractivity (Wildman–Crippen MR) is 68.1 cm³/mol. The van der Waals surface area contributed by atoms with Crippen LogP contribution in [0.3, 0.4) is 0 Å². The molecule has 1 aliphatic rings. The average molecular weight is 266 g/mol. The SMILES string of the molecule is Nc1nc(Cl)c2ncn([C@@H]3C=CC(CO)C3)c2n1. The summed E-state index contributed by atoms with van der Waals surface area (Å²) in [7, 11) is 0. The highest BCUT2D eigenvalue weighted by atomic mass is 35.5. The largest absolute Gasteiger partial charge is 0.396 e. The van der Waals surface area contributed by atoms with Crippen LogP contribution in [0.15, 0.2) is 18.5 Å². The summed E-state index contributed by atoms with van der Waals surface area (Å²) >= 11 is 5.97. The van der Waals surface area contributed by atoms with Crippen LogP contribution in [0.1, 0.15) is 12.5 Å². The van der Waals surface area contributed by atoms with Crippen LogP contribution in [0.25, 0.3) is 11.2 Å². The summed E-state index contributed by atoms with van der Waals surface area (Å²) in [5, 5.41) is 9.40. The fraction of sp³-hybridized carbons (Fsp3) is 0.364. The van der Waals surface area contributed by atoms with E-state index in [1.165, 1.54) is 0 Å². The van der Waals surface area contributed by atoms with Gasteiger partial charge < -0.3 is 15.4 Å². The van der Waals surface area contributed by atoms with Gasteiger partial charge in [0.15, 0.2) is 10.8 Å². The number of hydrogen-bond donors (Lipinski definition) is 2. The molecule has 2 aromatic rings. The Balaban J connectivity index is 2.06. The van der Waals surface area contributed by atoms with Gasteiger partial charge in [-0.2, -0.15) is 9.97 Å². The van der Waals surface area contributed by atoms with E-state index in [2.05, 4.69) is 15.0 Å². The molecular formula is C11H12ClN5O. The Labute approximate surface area is 108 Å². The molecule has 0 fully saturated rings. The number of anilines is 1. The van der Waals surface area contributed by atoms with E-state index in [0.717, 1.165) is 6.42 Å². The molecule has 94 valence electrons. The number of aromatic nitrogens is 4.